The summed E-state index contributed by atoms with van der Waals surface area (Å²) in [5.41, 5.74) is 0. The lowest BCUT2D eigenvalue weighted by Gasteiger charge is -2.08. The largest absolute Gasteiger partial charge is 0.0914 e. The standard InChI is InChI=1S/C8H16.C4H10.C2H6/c1-5-6-8(4)7(2)3;1-4(2)3;1-2/h5-8H,1-4H3;4H,1-3H3;1-2H3. The number of hydrogen-bond acceptors (Lipinski definition) is 0. The maximum Gasteiger partial charge on any atom is -0.0239 e. The van der Waals surface area contributed by atoms with Crippen molar-refractivity contribution in [3.8, 4) is 0 Å². The molecule has 0 bridgehead atoms. The molecule has 0 aromatic carbocycles. The second kappa shape index (κ2) is 15.2. The van der Waals surface area contributed by atoms with Crippen molar-refractivity contribution < 1.29 is 0 Å². The molecule has 0 fully saturated rings. The van der Waals surface area contributed by atoms with Crippen LogP contribution in [0, 0.1) is 17.8 Å². The Kier molecular flexibility index (Phi) is 21.0. The summed E-state index contributed by atoms with van der Waals surface area (Å²) in [4.78, 5) is 0. The van der Waals surface area contributed by atoms with Crippen LogP contribution in [-0.2, 0) is 0 Å². The summed E-state index contributed by atoms with van der Waals surface area (Å²) < 4.78 is 0. The van der Waals surface area contributed by atoms with Gasteiger partial charge in [-0.2, -0.15) is 0 Å². The molecule has 14 heavy (non-hydrogen) atoms. The van der Waals surface area contributed by atoms with Crippen molar-refractivity contribution >= 4 is 0 Å². The molecule has 88 valence electrons. The molecule has 1 unspecified atom stereocenters. The van der Waals surface area contributed by atoms with Gasteiger partial charge in [0.1, 0.15) is 0 Å². The number of rotatable bonds is 2. The van der Waals surface area contributed by atoms with E-state index < -0.39 is 0 Å². The van der Waals surface area contributed by atoms with Gasteiger partial charge in [-0.15, -0.1) is 0 Å². The summed E-state index contributed by atoms with van der Waals surface area (Å²) in [7, 11) is 0. The molecular formula is C14H32. The topological polar surface area (TPSA) is 0 Å². The van der Waals surface area contributed by atoms with Gasteiger partial charge in [0.15, 0.2) is 0 Å². The maximum atomic E-state index is 2.24. The summed E-state index contributed by atoms with van der Waals surface area (Å²) in [6, 6.07) is 0. The smallest absolute Gasteiger partial charge is 0.0239 e. The Morgan fingerprint density at radius 2 is 1.07 bits per heavy atom. The third kappa shape index (κ3) is 29.8. The van der Waals surface area contributed by atoms with Crippen molar-refractivity contribution in [1.82, 2.24) is 0 Å². The lowest BCUT2D eigenvalue weighted by atomic mass is 9.98. The minimum absolute atomic E-state index is 0.736. The highest BCUT2D eigenvalue weighted by molar-refractivity contribution is 4.84. The van der Waals surface area contributed by atoms with Crippen LogP contribution in [0.5, 0.6) is 0 Å². The maximum absolute atomic E-state index is 2.24. The van der Waals surface area contributed by atoms with Gasteiger partial charge >= 0.3 is 0 Å². The van der Waals surface area contributed by atoms with E-state index in [9.17, 15) is 0 Å². The van der Waals surface area contributed by atoms with Gasteiger partial charge in [-0.25, -0.2) is 0 Å². The Morgan fingerprint density at radius 3 is 1.14 bits per heavy atom. The first-order valence-corrected chi connectivity index (χ1v) is 6.04. The molecule has 0 heteroatoms. The van der Waals surface area contributed by atoms with E-state index in [4.69, 9.17) is 0 Å². The highest BCUT2D eigenvalue weighted by atomic mass is 14.0. The van der Waals surface area contributed by atoms with E-state index in [0.717, 1.165) is 17.8 Å². The fourth-order valence-corrected chi connectivity index (χ4v) is 0.526. The van der Waals surface area contributed by atoms with Crippen LogP contribution >= 0.6 is 0 Å². The van der Waals surface area contributed by atoms with E-state index in [2.05, 4.69) is 60.6 Å². The quantitative estimate of drug-likeness (QED) is 0.513. The van der Waals surface area contributed by atoms with Crippen molar-refractivity contribution in [2.45, 2.75) is 62.3 Å². The number of hydrogen-bond donors (Lipinski definition) is 0. The number of allylic oxidation sites excluding steroid dienone is 2. The van der Waals surface area contributed by atoms with Crippen LogP contribution in [0.3, 0.4) is 0 Å². The van der Waals surface area contributed by atoms with Crippen molar-refractivity contribution in [3.63, 3.8) is 0 Å². The van der Waals surface area contributed by atoms with Crippen LogP contribution in [-0.4, -0.2) is 0 Å². The molecule has 1 atom stereocenters. The average molecular weight is 200 g/mol. The van der Waals surface area contributed by atoms with Gasteiger partial charge in [0.2, 0.25) is 0 Å². The minimum Gasteiger partial charge on any atom is -0.0914 e. The Bertz CT molecular complexity index is 95.9. The zero-order valence-corrected chi connectivity index (χ0v) is 11.9. The summed E-state index contributed by atoms with van der Waals surface area (Å²) in [6.07, 6.45) is 4.36. The Labute approximate surface area is 92.8 Å². The first-order valence-electron chi connectivity index (χ1n) is 6.04. The van der Waals surface area contributed by atoms with Gasteiger partial charge in [-0.1, -0.05) is 67.5 Å². The van der Waals surface area contributed by atoms with Crippen molar-refractivity contribution in [2.24, 2.45) is 17.8 Å². The molecule has 0 aromatic heterocycles. The molecule has 0 aliphatic carbocycles. The Morgan fingerprint density at radius 1 is 0.786 bits per heavy atom. The van der Waals surface area contributed by atoms with E-state index in [1.54, 1.807) is 0 Å². The molecule has 0 saturated carbocycles. The molecular weight excluding hydrogens is 168 g/mol. The van der Waals surface area contributed by atoms with Crippen LogP contribution < -0.4 is 0 Å². The van der Waals surface area contributed by atoms with Gasteiger partial charge in [0.05, 0.1) is 0 Å². The summed E-state index contributed by atoms with van der Waals surface area (Å²) in [5, 5.41) is 0. The zero-order valence-electron chi connectivity index (χ0n) is 11.9. The second-order valence-corrected chi connectivity index (χ2v) is 4.36. The molecule has 0 aliphatic heterocycles. The molecule has 0 aromatic rings. The van der Waals surface area contributed by atoms with Gasteiger partial charge in [0, 0.05) is 0 Å². The third-order valence-corrected chi connectivity index (χ3v) is 1.55. The fraction of sp³-hybridized carbons (Fsp3) is 0.857. The highest BCUT2D eigenvalue weighted by Crippen LogP contribution is 2.09. The van der Waals surface area contributed by atoms with Crippen LogP contribution in [0.2, 0.25) is 0 Å². The van der Waals surface area contributed by atoms with Crippen LogP contribution in [0.15, 0.2) is 12.2 Å². The van der Waals surface area contributed by atoms with Crippen LogP contribution in [0.25, 0.3) is 0 Å². The average Bonchev–Trinajstić information content (AvgIpc) is 2.07. The second-order valence-electron chi connectivity index (χ2n) is 4.36. The molecule has 0 radical (unpaired) electrons. The summed E-state index contributed by atoms with van der Waals surface area (Å²) >= 11 is 0. The van der Waals surface area contributed by atoms with Gasteiger partial charge in [-0.05, 0) is 24.7 Å². The van der Waals surface area contributed by atoms with E-state index in [0.29, 0.717) is 0 Å². The molecule has 0 nitrogen and oxygen atoms in total. The molecule has 0 saturated heterocycles. The van der Waals surface area contributed by atoms with Crippen molar-refractivity contribution in [3.05, 3.63) is 12.2 Å². The zero-order chi connectivity index (χ0) is 12.1. The first kappa shape index (κ1) is 19.3. The van der Waals surface area contributed by atoms with E-state index in [1.807, 2.05) is 13.8 Å². The van der Waals surface area contributed by atoms with Crippen molar-refractivity contribution in [1.29, 1.82) is 0 Å². The monoisotopic (exact) mass is 200 g/mol. The van der Waals surface area contributed by atoms with Gasteiger partial charge in [-0.3, -0.25) is 0 Å². The molecule has 0 spiro atoms. The minimum atomic E-state index is 0.736. The summed E-state index contributed by atoms with van der Waals surface area (Å²) in [6.45, 7) is 19.3. The Hall–Kier alpha value is -0.260. The van der Waals surface area contributed by atoms with Gasteiger partial charge < -0.3 is 0 Å². The van der Waals surface area contributed by atoms with Crippen molar-refractivity contribution in [2.75, 3.05) is 0 Å². The summed E-state index contributed by atoms with van der Waals surface area (Å²) in [5.74, 6) is 2.35. The highest BCUT2D eigenvalue weighted by Gasteiger charge is 1.99. The van der Waals surface area contributed by atoms with Crippen LogP contribution in [0.1, 0.15) is 62.3 Å². The Balaban J connectivity index is -0.000000170. The molecule has 0 N–H and O–H groups in total. The first-order chi connectivity index (χ1) is 6.41. The van der Waals surface area contributed by atoms with E-state index in [1.165, 1.54) is 0 Å². The lowest BCUT2D eigenvalue weighted by molar-refractivity contribution is 0.504. The normalized spacial score (nSPS) is 11.9. The predicted octanol–water partition coefficient (Wildman–Crippen LogP) is 5.54. The van der Waals surface area contributed by atoms with E-state index in [-0.39, 0.29) is 0 Å². The lowest BCUT2D eigenvalue weighted by Crippen LogP contribution is -1.98. The SMILES string of the molecule is CC.CC(C)C.CC=CC(C)C(C)C. The predicted molar refractivity (Wildman–Crippen MR) is 70.7 cm³/mol. The molecule has 0 amide bonds. The molecule has 0 rings (SSSR count). The van der Waals surface area contributed by atoms with Crippen LogP contribution in [0.4, 0.5) is 0 Å². The molecule has 0 aliphatic rings. The third-order valence-electron chi connectivity index (χ3n) is 1.55. The molecule has 0 heterocycles. The fourth-order valence-electron chi connectivity index (χ4n) is 0.526. The van der Waals surface area contributed by atoms with E-state index >= 15 is 0 Å². The van der Waals surface area contributed by atoms with Gasteiger partial charge in [0.25, 0.3) is 0 Å².